The minimum Gasteiger partial charge on any atom is -0.508 e. The molecule has 1 amide bonds. The molecular formula is C36H49N5O4. The van der Waals surface area contributed by atoms with Crippen molar-refractivity contribution in [2.75, 3.05) is 6.54 Å². The SMILES string of the molecule is Cc1nnc(C2CCC(Oc3ccc(O)cc3)CC2)n1C1CC2CCC(C1)N2CC[C@H](NC(=O)OC(C)(C)C)c1ccccc1. The Hall–Kier alpha value is -3.59. The van der Waals surface area contributed by atoms with Crippen LogP contribution in [0.25, 0.3) is 0 Å². The van der Waals surface area contributed by atoms with Gasteiger partial charge in [0.1, 0.15) is 28.7 Å². The van der Waals surface area contributed by atoms with E-state index in [4.69, 9.17) is 14.6 Å². The number of carbonyl (C=O) groups excluding carboxylic acids is 1. The van der Waals surface area contributed by atoms with Crippen molar-refractivity contribution < 1.29 is 19.4 Å². The number of aromatic nitrogens is 3. The van der Waals surface area contributed by atoms with E-state index in [1.54, 1.807) is 12.1 Å². The summed E-state index contributed by atoms with van der Waals surface area (Å²) in [6.07, 6.45) is 9.36. The molecule has 2 N–H and O–H groups in total. The molecule has 2 saturated heterocycles. The Morgan fingerprint density at radius 3 is 2.24 bits per heavy atom. The molecule has 0 spiro atoms. The molecule has 6 rings (SSSR count). The molecular weight excluding hydrogens is 566 g/mol. The lowest BCUT2D eigenvalue weighted by molar-refractivity contribution is 0.0488. The second kappa shape index (κ2) is 13.4. The molecule has 0 radical (unpaired) electrons. The van der Waals surface area contributed by atoms with Crippen LogP contribution in [0.5, 0.6) is 11.5 Å². The van der Waals surface area contributed by atoms with E-state index in [2.05, 4.69) is 38.9 Å². The number of aryl methyl sites for hydroxylation is 1. The van der Waals surface area contributed by atoms with E-state index in [0.29, 0.717) is 24.0 Å². The minimum atomic E-state index is -0.535. The van der Waals surface area contributed by atoms with Gasteiger partial charge < -0.3 is 24.5 Å². The van der Waals surface area contributed by atoms with Crippen LogP contribution in [-0.4, -0.2) is 61.2 Å². The van der Waals surface area contributed by atoms with Crippen molar-refractivity contribution in [1.29, 1.82) is 0 Å². The summed E-state index contributed by atoms with van der Waals surface area (Å²) < 4.78 is 14.3. The fraction of sp³-hybridized carbons (Fsp3) is 0.583. The van der Waals surface area contributed by atoms with Crippen molar-refractivity contribution in [2.24, 2.45) is 0 Å². The summed E-state index contributed by atoms with van der Waals surface area (Å²) in [5.41, 5.74) is 0.574. The number of benzene rings is 2. The van der Waals surface area contributed by atoms with E-state index in [9.17, 15) is 9.90 Å². The Morgan fingerprint density at radius 1 is 0.933 bits per heavy atom. The molecule has 3 aromatic rings. The molecule has 2 bridgehead atoms. The Labute approximate surface area is 267 Å². The van der Waals surface area contributed by atoms with Gasteiger partial charge in [-0.1, -0.05) is 30.3 Å². The maximum absolute atomic E-state index is 12.7. The number of hydrogen-bond acceptors (Lipinski definition) is 7. The normalized spacial score (nSPS) is 25.9. The van der Waals surface area contributed by atoms with Crippen LogP contribution in [0.4, 0.5) is 4.79 Å². The lowest BCUT2D eigenvalue weighted by atomic mass is 9.86. The van der Waals surface area contributed by atoms with E-state index in [1.807, 2.05) is 51.1 Å². The van der Waals surface area contributed by atoms with Gasteiger partial charge in [0.2, 0.25) is 0 Å². The molecule has 3 atom stereocenters. The third-order valence-electron chi connectivity index (χ3n) is 9.86. The summed E-state index contributed by atoms with van der Waals surface area (Å²) in [5, 5.41) is 22.1. The molecule has 1 aliphatic carbocycles. The fourth-order valence-corrected chi connectivity index (χ4v) is 7.83. The number of hydrogen-bond donors (Lipinski definition) is 2. The summed E-state index contributed by atoms with van der Waals surface area (Å²) in [6.45, 7) is 8.74. The maximum atomic E-state index is 12.7. The van der Waals surface area contributed by atoms with Gasteiger partial charge >= 0.3 is 6.09 Å². The van der Waals surface area contributed by atoms with Gasteiger partial charge in [-0.15, -0.1) is 10.2 Å². The monoisotopic (exact) mass is 615 g/mol. The number of nitrogens with one attached hydrogen (secondary N) is 1. The molecule has 1 saturated carbocycles. The van der Waals surface area contributed by atoms with Crippen molar-refractivity contribution in [1.82, 2.24) is 25.0 Å². The first kappa shape index (κ1) is 31.4. The Morgan fingerprint density at radius 2 is 1.60 bits per heavy atom. The zero-order valence-corrected chi connectivity index (χ0v) is 27.2. The Bertz CT molecular complexity index is 1400. The van der Waals surface area contributed by atoms with Gasteiger partial charge in [-0.3, -0.25) is 4.90 Å². The standard InChI is InChI=1S/C36H49N5O4/c1-24-38-39-34(26-10-16-31(17-11-26)44-32-18-14-30(42)15-19-32)41(24)29-22-27-12-13-28(23-29)40(27)21-20-33(25-8-6-5-7-9-25)37-35(43)45-36(2,3)4/h5-9,14-15,18-19,26-29,31,33,42H,10-13,16-17,20-23H2,1-4H3,(H,37,43)/t26?,27?,28?,29?,31?,33-/m0/s1. The van der Waals surface area contributed by atoms with Gasteiger partial charge in [0.15, 0.2) is 0 Å². The third kappa shape index (κ3) is 7.63. The summed E-state index contributed by atoms with van der Waals surface area (Å²) in [4.78, 5) is 15.4. The van der Waals surface area contributed by atoms with Gasteiger partial charge in [-0.25, -0.2) is 4.79 Å². The Balaban J connectivity index is 1.07. The number of rotatable bonds is 9. The minimum absolute atomic E-state index is 0.0991. The first-order valence-electron chi connectivity index (χ1n) is 16.8. The van der Waals surface area contributed by atoms with Gasteiger partial charge in [-0.2, -0.15) is 0 Å². The molecule has 2 aromatic carbocycles. The highest BCUT2D eigenvalue weighted by atomic mass is 16.6. The molecule has 2 unspecified atom stereocenters. The van der Waals surface area contributed by atoms with Crippen LogP contribution in [0, 0.1) is 6.92 Å². The summed E-state index contributed by atoms with van der Waals surface area (Å²) >= 11 is 0. The third-order valence-corrected chi connectivity index (χ3v) is 9.86. The molecule has 2 aliphatic heterocycles. The number of fused-ring (bicyclic) bond motifs is 2. The molecule has 45 heavy (non-hydrogen) atoms. The van der Waals surface area contributed by atoms with Crippen LogP contribution < -0.4 is 10.1 Å². The van der Waals surface area contributed by atoms with Crippen molar-refractivity contribution in [3.05, 3.63) is 71.8 Å². The smallest absolute Gasteiger partial charge is 0.408 e. The van der Waals surface area contributed by atoms with Crippen molar-refractivity contribution >= 4 is 6.09 Å². The Kier molecular flexibility index (Phi) is 9.36. The highest BCUT2D eigenvalue weighted by molar-refractivity contribution is 5.68. The maximum Gasteiger partial charge on any atom is 0.408 e. The molecule has 3 heterocycles. The second-order valence-corrected chi connectivity index (χ2v) is 14.2. The van der Waals surface area contributed by atoms with E-state index >= 15 is 0 Å². The molecule has 9 heteroatoms. The molecule has 3 fully saturated rings. The number of piperidine rings is 1. The first-order chi connectivity index (χ1) is 21.6. The van der Waals surface area contributed by atoms with Crippen LogP contribution in [0.15, 0.2) is 54.6 Å². The highest BCUT2D eigenvalue weighted by Gasteiger charge is 2.43. The molecule has 3 aliphatic rings. The second-order valence-electron chi connectivity index (χ2n) is 14.2. The summed E-state index contributed by atoms with van der Waals surface area (Å²) in [6, 6.07) is 18.6. The van der Waals surface area contributed by atoms with Crippen LogP contribution in [0.1, 0.15) is 114 Å². The zero-order chi connectivity index (χ0) is 31.6. The van der Waals surface area contributed by atoms with E-state index in [-0.39, 0.29) is 24.0 Å². The number of phenols is 1. The average Bonchev–Trinajstić information content (AvgIpc) is 3.50. The number of phenolic OH excluding ortho intramolecular Hbond substituents is 1. The predicted molar refractivity (Wildman–Crippen MR) is 173 cm³/mol. The first-order valence-corrected chi connectivity index (χ1v) is 16.8. The fourth-order valence-electron chi connectivity index (χ4n) is 7.83. The van der Waals surface area contributed by atoms with Gasteiger partial charge in [0.05, 0.1) is 12.1 Å². The summed E-state index contributed by atoms with van der Waals surface area (Å²) in [5.74, 6) is 3.64. The number of carbonyl (C=O) groups is 1. The lowest BCUT2D eigenvalue weighted by Crippen LogP contribution is -2.45. The van der Waals surface area contributed by atoms with Crippen LogP contribution in [-0.2, 0) is 4.74 Å². The van der Waals surface area contributed by atoms with Crippen LogP contribution >= 0.6 is 0 Å². The molecule has 242 valence electrons. The zero-order valence-electron chi connectivity index (χ0n) is 27.2. The predicted octanol–water partition coefficient (Wildman–Crippen LogP) is 7.22. The van der Waals surface area contributed by atoms with Crippen molar-refractivity contribution in [3.8, 4) is 11.5 Å². The van der Waals surface area contributed by atoms with E-state index in [1.165, 1.54) is 12.8 Å². The number of alkyl carbamates (subject to hydrolysis) is 1. The highest BCUT2D eigenvalue weighted by Crippen LogP contribution is 2.44. The quantitative estimate of drug-likeness (QED) is 0.262. The number of nitrogens with zero attached hydrogens (tertiary/aromatic N) is 4. The van der Waals surface area contributed by atoms with Crippen molar-refractivity contribution in [2.45, 2.75) is 127 Å². The topological polar surface area (TPSA) is 102 Å². The van der Waals surface area contributed by atoms with E-state index in [0.717, 1.165) is 74.5 Å². The largest absolute Gasteiger partial charge is 0.508 e. The molecule has 9 nitrogen and oxygen atoms in total. The average molecular weight is 616 g/mol. The number of amides is 1. The molecule has 1 aromatic heterocycles. The lowest BCUT2D eigenvalue weighted by Gasteiger charge is -2.41. The van der Waals surface area contributed by atoms with Crippen molar-refractivity contribution in [3.63, 3.8) is 0 Å². The van der Waals surface area contributed by atoms with Crippen LogP contribution in [0.3, 0.4) is 0 Å². The number of ether oxygens (including phenoxy) is 2. The van der Waals surface area contributed by atoms with Gasteiger partial charge in [0.25, 0.3) is 0 Å². The van der Waals surface area contributed by atoms with E-state index < -0.39 is 5.60 Å². The number of aromatic hydroxyl groups is 1. The van der Waals surface area contributed by atoms with Crippen LogP contribution in [0.2, 0.25) is 0 Å². The van der Waals surface area contributed by atoms with Gasteiger partial charge in [-0.05, 0) is 115 Å². The van der Waals surface area contributed by atoms with Gasteiger partial charge in [0, 0.05) is 30.6 Å². The summed E-state index contributed by atoms with van der Waals surface area (Å²) in [7, 11) is 0.